The molecule has 1 aliphatic rings. The maximum absolute atomic E-state index is 11.0. The van der Waals surface area contributed by atoms with Crippen molar-refractivity contribution in [3.05, 3.63) is 0 Å². The predicted octanol–water partition coefficient (Wildman–Crippen LogP) is 0.274. The quantitative estimate of drug-likeness (QED) is 0.588. The van der Waals surface area contributed by atoms with Crippen LogP contribution in [-0.2, 0) is 9.53 Å². The molecule has 0 aromatic heterocycles. The average molecular weight is 185 g/mol. The summed E-state index contributed by atoms with van der Waals surface area (Å²) in [5.74, 6) is -0.717. The molecule has 5 heteroatoms. The number of rotatable bonds is 1. The monoisotopic (exact) mass is 185 g/mol. The van der Waals surface area contributed by atoms with Gasteiger partial charge in [0.15, 0.2) is 0 Å². The van der Waals surface area contributed by atoms with Crippen LogP contribution in [0.25, 0.3) is 0 Å². The normalized spacial score (nSPS) is 18.4. The highest BCUT2D eigenvalue weighted by atomic mass is 16.5. The Bertz CT molecular complexity index is 209. The number of amides is 2. The number of nitrogens with one attached hydrogen (secondary N) is 1. The number of likely N-dealkylation sites (tertiary alicyclic amines) is 1. The molecule has 0 unspecified atom stereocenters. The first kappa shape index (κ1) is 9.83. The first-order valence-corrected chi connectivity index (χ1v) is 4.23. The van der Waals surface area contributed by atoms with Crippen molar-refractivity contribution < 1.29 is 14.3 Å². The molecule has 13 heavy (non-hydrogen) atoms. The van der Waals surface area contributed by atoms with Crippen LogP contribution in [-0.4, -0.2) is 37.1 Å². The van der Waals surface area contributed by atoms with E-state index in [1.807, 2.05) is 0 Å². The lowest BCUT2D eigenvalue weighted by Gasteiger charge is -2.28. The van der Waals surface area contributed by atoms with Gasteiger partial charge in [-0.1, -0.05) is 0 Å². The molecule has 1 radical (unpaired) electrons. The van der Waals surface area contributed by atoms with E-state index in [1.165, 1.54) is 7.11 Å². The fraction of sp³-hybridized carbons (Fsp3) is 0.750. The summed E-state index contributed by atoms with van der Waals surface area (Å²) in [7, 11) is 1.34. The van der Waals surface area contributed by atoms with E-state index in [2.05, 4.69) is 4.74 Å². The molecule has 0 atom stereocenters. The van der Waals surface area contributed by atoms with Crippen molar-refractivity contribution in [1.82, 2.24) is 10.6 Å². The summed E-state index contributed by atoms with van der Waals surface area (Å²) in [6.45, 7) is 1.03. The maximum Gasteiger partial charge on any atom is 0.409 e. The average Bonchev–Trinajstić information content (AvgIpc) is 2.17. The smallest absolute Gasteiger partial charge is 0.409 e. The van der Waals surface area contributed by atoms with Gasteiger partial charge in [-0.3, -0.25) is 10.5 Å². The van der Waals surface area contributed by atoms with Crippen LogP contribution >= 0.6 is 0 Å². The number of carbonyl (C=O) groups excluding carboxylic acids is 2. The molecule has 0 spiro atoms. The van der Waals surface area contributed by atoms with Crippen LogP contribution < -0.4 is 5.73 Å². The van der Waals surface area contributed by atoms with E-state index >= 15 is 0 Å². The van der Waals surface area contributed by atoms with Crippen molar-refractivity contribution in [2.75, 3.05) is 20.2 Å². The van der Waals surface area contributed by atoms with Crippen molar-refractivity contribution in [2.24, 2.45) is 5.92 Å². The standard InChI is InChI=1S/C8H13N2O3/c1-13-8(12)10-4-2-6(3-5-10)7(9)11/h6,9H,2-5H2,1H3. The van der Waals surface area contributed by atoms with E-state index in [1.54, 1.807) is 4.90 Å². The van der Waals surface area contributed by atoms with Crippen LogP contribution in [0.15, 0.2) is 0 Å². The number of hydrogen-bond acceptors (Lipinski definition) is 3. The third kappa shape index (κ3) is 2.34. The Morgan fingerprint density at radius 2 is 1.92 bits per heavy atom. The van der Waals surface area contributed by atoms with Crippen molar-refractivity contribution in [3.8, 4) is 0 Å². The second-order valence-corrected chi connectivity index (χ2v) is 3.10. The minimum atomic E-state index is -0.524. The van der Waals surface area contributed by atoms with Crippen molar-refractivity contribution in [2.45, 2.75) is 12.8 Å². The number of piperidine rings is 1. The first-order chi connectivity index (χ1) is 6.15. The molecule has 1 heterocycles. The van der Waals surface area contributed by atoms with E-state index in [4.69, 9.17) is 5.73 Å². The lowest BCUT2D eigenvalue weighted by molar-refractivity contribution is -0.123. The second kappa shape index (κ2) is 4.11. The topological polar surface area (TPSA) is 70.4 Å². The van der Waals surface area contributed by atoms with E-state index in [0.717, 1.165) is 0 Å². The zero-order valence-corrected chi connectivity index (χ0v) is 7.58. The van der Waals surface area contributed by atoms with Gasteiger partial charge in [-0.05, 0) is 12.8 Å². The number of carbonyl (C=O) groups is 2. The molecule has 0 bridgehead atoms. The lowest BCUT2D eigenvalue weighted by Crippen LogP contribution is -2.40. The van der Waals surface area contributed by atoms with Crippen LogP contribution in [0.2, 0.25) is 0 Å². The highest BCUT2D eigenvalue weighted by Gasteiger charge is 2.26. The van der Waals surface area contributed by atoms with Crippen LogP contribution in [0, 0.1) is 5.92 Å². The molecule has 0 aromatic rings. The second-order valence-electron chi connectivity index (χ2n) is 3.10. The zero-order chi connectivity index (χ0) is 9.84. The van der Waals surface area contributed by atoms with E-state index < -0.39 is 5.91 Å². The van der Waals surface area contributed by atoms with Gasteiger partial charge >= 0.3 is 6.09 Å². The Morgan fingerprint density at radius 1 is 1.38 bits per heavy atom. The molecule has 1 N–H and O–H groups in total. The minimum absolute atomic E-state index is 0.194. The highest BCUT2D eigenvalue weighted by molar-refractivity contribution is 5.76. The molecular formula is C8H13N2O3. The van der Waals surface area contributed by atoms with Crippen molar-refractivity contribution in [3.63, 3.8) is 0 Å². The van der Waals surface area contributed by atoms with Gasteiger partial charge in [0.2, 0.25) is 5.91 Å². The molecular weight excluding hydrogens is 172 g/mol. The third-order valence-electron chi connectivity index (χ3n) is 2.30. The summed E-state index contributed by atoms with van der Waals surface area (Å²) < 4.78 is 4.54. The SMILES string of the molecule is COC(=O)N1CCC(C([NH])=O)CC1. The molecule has 2 amide bonds. The molecule has 0 aliphatic carbocycles. The van der Waals surface area contributed by atoms with Crippen LogP contribution in [0.3, 0.4) is 0 Å². The number of hydrogen-bond donors (Lipinski definition) is 0. The van der Waals surface area contributed by atoms with Gasteiger partial charge in [-0.15, -0.1) is 0 Å². The Hall–Kier alpha value is -1.26. The van der Waals surface area contributed by atoms with Gasteiger partial charge in [-0.2, -0.15) is 0 Å². The van der Waals surface area contributed by atoms with Crippen molar-refractivity contribution in [1.29, 1.82) is 0 Å². The number of ether oxygens (including phenoxy) is 1. The van der Waals surface area contributed by atoms with E-state index in [0.29, 0.717) is 25.9 Å². The summed E-state index contributed by atoms with van der Waals surface area (Å²) in [4.78, 5) is 23.2. The molecule has 1 aliphatic heterocycles. The van der Waals surface area contributed by atoms with E-state index in [-0.39, 0.29) is 12.0 Å². The van der Waals surface area contributed by atoms with Gasteiger partial charge in [0.05, 0.1) is 7.11 Å². The molecule has 73 valence electrons. The summed E-state index contributed by atoms with van der Waals surface area (Å²) in [6, 6.07) is 0. The molecule has 0 saturated carbocycles. The predicted molar refractivity (Wildman–Crippen MR) is 44.8 cm³/mol. The molecule has 1 rings (SSSR count). The fourth-order valence-corrected chi connectivity index (χ4v) is 1.45. The molecule has 5 nitrogen and oxygen atoms in total. The van der Waals surface area contributed by atoms with E-state index in [9.17, 15) is 9.59 Å². The summed E-state index contributed by atoms with van der Waals surface area (Å²) >= 11 is 0. The summed E-state index contributed by atoms with van der Waals surface area (Å²) in [5.41, 5.74) is 6.92. The Kier molecular flexibility index (Phi) is 3.11. The Morgan fingerprint density at radius 3 is 2.31 bits per heavy atom. The van der Waals surface area contributed by atoms with Gasteiger partial charge in [0, 0.05) is 19.0 Å². The third-order valence-corrected chi connectivity index (χ3v) is 2.30. The van der Waals surface area contributed by atoms with Crippen LogP contribution in [0.4, 0.5) is 4.79 Å². The van der Waals surface area contributed by atoms with Crippen LogP contribution in [0.1, 0.15) is 12.8 Å². The maximum atomic E-state index is 11.0. The lowest BCUT2D eigenvalue weighted by atomic mass is 9.97. The molecule has 1 fully saturated rings. The summed E-state index contributed by atoms with van der Waals surface area (Å²) in [5, 5.41) is 0. The number of methoxy groups -OCH3 is 1. The fourth-order valence-electron chi connectivity index (χ4n) is 1.45. The summed E-state index contributed by atoms with van der Waals surface area (Å²) in [6.07, 6.45) is 0.811. The Labute approximate surface area is 76.8 Å². The zero-order valence-electron chi connectivity index (χ0n) is 7.58. The van der Waals surface area contributed by atoms with Gasteiger partial charge in [-0.25, -0.2) is 4.79 Å². The largest absolute Gasteiger partial charge is 0.453 e. The highest BCUT2D eigenvalue weighted by Crippen LogP contribution is 2.17. The number of nitrogens with zero attached hydrogens (tertiary/aromatic N) is 1. The van der Waals surface area contributed by atoms with Gasteiger partial charge in [0.1, 0.15) is 0 Å². The van der Waals surface area contributed by atoms with Crippen molar-refractivity contribution >= 4 is 12.0 Å². The first-order valence-electron chi connectivity index (χ1n) is 4.23. The molecule has 0 aromatic carbocycles. The minimum Gasteiger partial charge on any atom is -0.453 e. The van der Waals surface area contributed by atoms with Crippen LogP contribution in [0.5, 0.6) is 0 Å². The Balaban J connectivity index is 2.39. The van der Waals surface area contributed by atoms with Gasteiger partial charge < -0.3 is 9.64 Å². The molecule has 1 saturated heterocycles. The van der Waals surface area contributed by atoms with Gasteiger partial charge in [0.25, 0.3) is 0 Å².